The molecule has 2 saturated carbocycles. The van der Waals surface area contributed by atoms with Gasteiger partial charge in [0, 0.05) is 31.6 Å². The number of carbonyl (C=O) groups is 7. The van der Waals surface area contributed by atoms with E-state index in [-0.39, 0.29) is 60.7 Å². The molecule has 0 radical (unpaired) electrons. The lowest BCUT2D eigenvalue weighted by atomic mass is 9.44. The number of aliphatic hydroxyl groups excluding tert-OH is 1. The van der Waals surface area contributed by atoms with Crippen LogP contribution >= 0.6 is 0 Å². The van der Waals surface area contributed by atoms with Gasteiger partial charge in [0.15, 0.2) is 17.5 Å². The van der Waals surface area contributed by atoms with E-state index < -0.39 is 125 Å². The van der Waals surface area contributed by atoms with Crippen molar-refractivity contribution >= 4 is 41.9 Å². The van der Waals surface area contributed by atoms with Gasteiger partial charge in [-0.3, -0.25) is 14.4 Å². The number of Topliss-reactive ketones (excluding diaryl/α,β-unsaturated/α-hetero) is 1. The third-order valence-corrected chi connectivity index (χ3v) is 16.3. The normalized spacial score (nSPS) is 27.2. The Morgan fingerprint density at radius 1 is 0.835 bits per heavy atom. The van der Waals surface area contributed by atoms with Crippen molar-refractivity contribution in [2.24, 2.45) is 22.7 Å². The fourth-order valence-electron chi connectivity index (χ4n) is 12.0. The smallest absolute Gasteiger partial charge is 0.496 e. The van der Waals surface area contributed by atoms with Crippen LogP contribution in [0.15, 0.2) is 108 Å². The standard InChI is InChI=1S/C66H91NO18/c1-14-15-16-17-18-19-20-21-22-23-24-25-26-27-28-29-30-31-32-37-51(70)81-53(46(38-42(2)3)67-60(74)85-62(6,7)8)59(73)80-48-40-66(76)57(83-58(72)45-35-33-34-36-47(45)77-12)55-64(11,49(69)39-50-65(55,41-79-50)84-44(5)68)56(71)54(82-61(75)78-13)52(43(48)4)63(66,9)10/h15-16,18-19,21-22,24-25,27-28,30-31,33-36,42,46,48-50,53-55,57,69,76H,14,17,20,23,26,29,32,37-41H2,1-13H3,(H,67,74)/b16-15-,19-18-,22-21-,25-24-,28-27-,31-30-/t46-,48-,49-,50+,53+,54+,55?,57-,64+,65-,66+/m0/s1. The van der Waals surface area contributed by atoms with Crippen molar-refractivity contribution < 1.29 is 86.4 Å². The van der Waals surface area contributed by atoms with Gasteiger partial charge in [-0.15, -0.1) is 0 Å². The van der Waals surface area contributed by atoms with Crippen LogP contribution in [0.1, 0.15) is 157 Å². The lowest BCUT2D eigenvalue weighted by molar-refractivity contribution is -0.346. The molecule has 1 heterocycles. The first kappa shape index (κ1) is 68.9. The highest BCUT2D eigenvalue weighted by Crippen LogP contribution is 2.64. The summed E-state index contributed by atoms with van der Waals surface area (Å²) in [5.41, 5.74) is -9.48. The molecule has 1 amide bonds. The zero-order chi connectivity index (χ0) is 62.9. The number of carbonyl (C=O) groups excluding carboxylic acids is 7. The van der Waals surface area contributed by atoms with Crippen molar-refractivity contribution in [2.45, 2.75) is 206 Å². The van der Waals surface area contributed by atoms with Crippen LogP contribution in [-0.2, 0) is 57.1 Å². The van der Waals surface area contributed by atoms with Crippen molar-refractivity contribution in [3.63, 3.8) is 0 Å². The predicted octanol–water partition coefficient (Wildman–Crippen LogP) is 10.8. The molecule has 1 unspecified atom stereocenters. The Bertz CT molecular complexity index is 2740. The summed E-state index contributed by atoms with van der Waals surface area (Å²) in [7, 11) is 2.36. The minimum atomic E-state index is -2.53. The second-order valence-corrected chi connectivity index (χ2v) is 24.2. The van der Waals surface area contributed by atoms with E-state index in [0.717, 1.165) is 46.1 Å². The highest BCUT2D eigenvalue weighted by molar-refractivity contribution is 5.96. The first-order chi connectivity index (χ1) is 40.1. The summed E-state index contributed by atoms with van der Waals surface area (Å²) in [6, 6.07) is 4.85. The van der Waals surface area contributed by atoms with Gasteiger partial charge in [-0.1, -0.05) is 120 Å². The predicted molar refractivity (Wildman–Crippen MR) is 317 cm³/mol. The number of amides is 1. The first-order valence-electron chi connectivity index (χ1n) is 29.5. The molecule has 1 aromatic rings. The summed E-state index contributed by atoms with van der Waals surface area (Å²) in [5.74, 6) is -6.65. The molecule has 19 heteroatoms. The van der Waals surface area contributed by atoms with Crippen LogP contribution < -0.4 is 10.1 Å². The summed E-state index contributed by atoms with van der Waals surface area (Å²) in [5, 5.41) is 29.1. The van der Waals surface area contributed by atoms with Gasteiger partial charge < -0.3 is 58.2 Å². The molecular weight excluding hydrogens is 1090 g/mol. The summed E-state index contributed by atoms with van der Waals surface area (Å²) in [4.78, 5) is 100. The zero-order valence-electron chi connectivity index (χ0n) is 51.8. The van der Waals surface area contributed by atoms with Crippen LogP contribution in [0, 0.1) is 22.7 Å². The molecule has 4 aliphatic rings. The number of aliphatic hydroxyl groups is 2. The first-order valence-corrected chi connectivity index (χ1v) is 29.5. The van der Waals surface area contributed by atoms with E-state index in [9.17, 15) is 34.2 Å². The molecule has 11 atom stereocenters. The number of benzene rings is 1. The Kier molecular flexibility index (Phi) is 24.7. The van der Waals surface area contributed by atoms with Crippen molar-refractivity contribution in [3.8, 4) is 5.75 Å². The Morgan fingerprint density at radius 2 is 1.41 bits per heavy atom. The summed E-state index contributed by atoms with van der Waals surface area (Å²) in [6.07, 6.45) is 16.7. The molecule has 3 aliphatic carbocycles. The van der Waals surface area contributed by atoms with Crippen molar-refractivity contribution in [3.05, 3.63) is 114 Å². The number of esters is 4. The fourth-order valence-corrected chi connectivity index (χ4v) is 12.0. The van der Waals surface area contributed by atoms with Crippen LogP contribution in [0.3, 0.4) is 0 Å². The lowest BCUT2D eigenvalue weighted by Gasteiger charge is -2.67. The third kappa shape index (κ3) is 16.8. The van der Waals surface area contributed by atoms with Gasteiger partial charge >= 0.3 is 36.1 Å². The van der Waals surface area contributed by atoms with Gasteiger partial charge in [0.2, 0.25) is 6.10 Å². The largest absolute Gasteiger partial charge is 0.509 e. The highest BCUT2D eigenvalue weighted by Gasteiger charge is 2.78. The minimum absolute atomic E-state index is 0.0652. The number of hydrogen-bond donors (Lipinski definition) is 3. The van der Waals surface area contributed by atoms with Gasteiger partial charge in [0.1, 0.15) is 40.8 Å². The van der Waals surface area contributed by atoms with Gasteiger partial charge in [-0.2, -0.15) is 0 Å². The van der Waals surface area contributed by atoms with Crippen molar-refractivity contribution in [1.82, 2.24) is 5.32 Å². The number of rotatable bonds is 26. The molecule has 19 nitrogen and oxygen atoms in total. The van der Waals surface area contributed by atoms with Gasteiger partial charge in [0.25, 0.3) is 0 Å². The molecular formula is C66H91NO18. The number of hydrogen-bond acceptors (Lipinski definition) is 18. The van der Waals surface area contributed by atoms with E-state index in [1.165, 1.54) is 46.9 Å². The van der Waals surface area contributed by atoms with E-state index in [1.807, 2.05) is 38.2 Å². The minimum Gasteiger partial charge on any atom is -0.496 e. The maximum atomic E-state index is 15.9. The summed E-state index contributed by atoms with van der Waals surface area (Å²) < 4.78 is 53.1. The molecule has 3 N–H and O–H groups in total. The second kappa shape index (κ2) is 30.5. The Morgan fingerprint density at radius 3 is 1.93 bits per heavy atom. The topological polar surface area (TPSA) is 255 Å². The average Bonchev–Trinajstić information content (AvgIpc) is 0.692. The maximum absolute atomic E-state index is 15.9. The number of fused-ring (bicyclic) bond motifs is 5. The maximum Gasteiger partial charge on any atom is 0.509 e. The number of allylic oxidation sites excluding steroid dienone is 12. The molecule has 5 rings (SSSR count). The Hall–Kier alpha value is -6.83. The molecule has 468 valence electrons. The van der Waals surface area contributed by atoms with E-state index >= 15 is 9.59 Å². The van der Waals surface area contributed by atoms with Crippen LogP contribution in [0.5, 0.6) is 5.75 Å². The zero-order valence-corrected chi connectivity index (χ0v) is 51.8. The number of para-hydroxylation sites is 1. The monoisotopic (exact) mass is 1190 g/mol. The van der Waals surface area contributed by atoms with Crippen LogP contribution in [-0.4, -0.2) is 132 Å². The number of alkyl carbamates (subject to hydrolysis) is 1. The number of ether oxygens (including phenoxy) is 9. The van der Waals surface area contributed by atoms with Crippen molar-refractivity contribution in [2.75, 3.05) is 20.8 Å². The Labute approximate surface area is 501 Å². The van der Waals surface area contributed by atoms with Gasteiger partial charge in [-0.05, 0) is 115 Å². The average molecular weight is 1190 g/mol. The summed E-state index contributed by atoms with van der Waals surface area (Å²) >= 11 is 0. The molecule has 85 heavy (non-hydrogen) atoms. The van der Waals surface area contributed by atoms with E-state index in [4.69, 9.17) is 42.6 Å². The van der Waals surface area contributed by atoms with Crippen molar-refractivity contribution in [1.29, 1.82) is 0 Å². The molecule has 0 aromatic heterocycles. The van der Waals surface area contributed by atoms with Crippen LogP contribution in [0.25, 0.3) is 0 Å². The number of ketones is 1. The molecule has 1 aromatic carbocycles. The molecule has 2 bridgehead atoms. The third-order valence-electron chi connectivity index (χ3n) is 16.3. The lowest BCUT2D eigenvalue weighted by Crippen LogP contribution is -2.82. The second-order valence-electron chi connectivity index (χ2n) is 24.2. The van der Waals surface area contributed by atoms with E-state index in [1.54, 1.807) is 32.9 Å². The quantitative estimate of drug-likeness (QED) is 0.0443. The summed E-state index contributed by atoms with van der Waals surface area (Å²) in [6.45, 7) is 17.4. The number of methoxy groups -OCH3 is 2. The molecule has 1 saturated heterocycles. The van der Waals surface area contributed by atoms with Crippen LogP contribution in [0.4, 0.5) is 9.59 Å². The molecule has 1 aliphatic heterocycles. The van der Waals surface area contributed by atoms with E-state index in [2.05, 4.69) is 60.8 Å². The van der Waals surface area contributed by atoms with E-state index in [0.29, 0.717) is 6.42 Å². The highest BCUT2D eigenvalue weighted by atomic mass is 16.7. The van der Waals surface area contributed by atoms with Gasteiger partial charge in [-0.25, -0.2) is 19.2 Å². The van der Waals surface area contributed by atoms with Crippen LogP contribution in [0.2, 0.25) is 0 Å². The van der Waals surface area contributed by atoms with Gasteiger partial charge in [0.05, 0.1) is 44.3 Å². The molecule has 3 fully saturated rings. The number of nitrogens with one attached hydrogen (secondary N) is 1. The Balaban J connectivity index is 1.53. The fraction of sp³-hybridized carbons (Fsp3) is 0.591. The molecule has 0 spiro atoms. The SMILES string of the molecule is CC/C=C\C/C=C\C/C=C\C/C=C\C/C=C\C/C=C\CCC(=O)O[C@@H](C(=O)O[C@H]1C[C@@]2(O)[C@@H](OC(=O)c3ccccc3OC)C3[C@](C)(C(=O)[C@H](OC(=O)OC)C(=C1C)C2(C)C)[C@@H](O)C[C@H]1OC[C@@]31OC(C)=O)[C@H](CC(C)C)NC(=O)OC(C)(C)C.